The van der Waals surface area contributed by atoms with Crippen LogP contribution in [-0.2, 0) is 6.42 Å². The van der Waals surface area contributed by atoms with E-state index in [4.69, 9.17) is 0 Å². The van der Waals surface area contributed by atoms with Gasteiger partial charge in [0.1, 0.15) is 0 Å². The van der Waals surface area contributed by atoms with Crippen molar-refractivity contribution in [1.29, 1.82) is 0 Å². The monoisotopic (exact) mass is 268 g/mol. The maximum Gasteiger partial charge on any atom is 0.0568 e. The Kier molecular flexibility index (Phi) is 3.47. The predicted octanol–water partition coefficient (Wildman–Crippen LogP) is 3.40. The van der Waals surface area contributed by atoms with Crippen LogP contribution in [0.25, 0.3) is 0 Å². The van der Waals surface area contributed by atoms with Crippen LogP contribution in [0.4, 0.5) is 0 Å². The lowest BCUT2D eigenvalue weighted by Crippen LogP contribution is -2.16. The van der Waals surface area contributed by atoms with Crippen LogP contribution in [0, 0.1) is 11.8 Å². The Hall–Kier alpha value is -0.340. The number of halogens is 1. The van der Waals surface area contributed by atoms with Crippen LogP contribution in [0.5, 0.6) is 0 Å². The van der Waals surface area contributed by atoms with Crippen LogP contribution in [-0.4, -0.2) is 11.2 Å². The second kappa shape index (κ2) is 4.67. The molecule has 0 saturated heterocycles. The smallest absolute Gasteiger partial charge is 0.0568 e. The van der Waals surface area contributed by atoms with Gasteiger partial charge in [-0.05, 0) is 42.7 Å². The SMILES string of the molecule is CC1C(O)CCC1Cc1ccccc1Br. The lowest BCUT2D eigenvalue weighted by Gasteiger charge is -2.17. The molecule has 1 aromatic rings. The first-order chi connectivity index (χ1) is 7.18. The highest BCUT2D eigenvalue weighted by Crippen LogP contribution is 2.35. The molecule has 0 radical (unpaired) electrons. The van der Waals surface area contributed by atoms with Gasteiger partial charge >= 0.3 is 0 Å². The summed E-state index contributed by atoms with van der Waals surface area (Å²) in [5, 5.41) is 9.70. The molecule has 2 rings (SSSR count). The Morgan fingerprint density at radius 2 is 2.07 bits per heavy atom. The fraction of sp³-hybridized carbons (Fsp3) is 0.538. The van der Waals surface area contributed by atoms with Gasteiger partial charge in [0.15, 0.2) is 0 Å². The minimum atomic E-state index is -0.0857. The summed E-state index contributed by atoms with van der Waals surface area (Å²) in [5.74, 6) is 1.08. The molecule has 1 saturated carbocycles. The molecule has 0 amide bonds. The van der Waals surface area contributed by atoms with Crippen LogP contribution in [0.1, 0.15) is 25.3 Å². The van der Waals surface area contributed by atoms with Gasteiger partial charge in [-0.3, -0.25) is 0 Å². The standard InChI is InChI=1S/C13H17BrO/c1-9-10(6-7-13(9)15)8-11-4-2-3-5-12(11)14/h2-5,9-10,13,15H,6-8H2,1H3. The number of hydrogen-bond donors (Lipinski definition) is 1. The molecule has 3 unspecified atom stereocenters. The first-order valence-electron chi connectivity index (χ1n) is 5.60. The van der Waals surface area contributed by atoms with Crippen molar-refractivity contribution >= 4 is 15.9 Å². The average molecular weight is 269 g/mol. The van der Waals surface area contributed by atoms with E-state index >= 15 is 0 Å². The molecule has 0 aromatic heterocycles. The van der Waals surface area contributed by atoms with Crippen molar-refractivity contribution in [1.82, 2.24) is 0 Å². The molecule has 0 bridgehead atoms. The van der Waals surface area contributed by atoms with Crippen molar-refractivity contribution in [2.45, 2.75) is 32.3 Å². The van der Waals surface area contributed by atoms with Gasteiger partial charge < -0.3 is 5.11 Å². The van der Waals surface area contributed by atoms with Crippen LogP contribution >= 0.6 is 15.9 Å². The second-order valence-corrected chi connectivity index (χ2v) is 5.41. The third-order valence-electron chi connectivity index (χ3n) is 3.62. The maximum absolute atomic E-state index is 9.70. The molecule has 82 valence electrons. The number of hydrogen-bond acceptors (Lipinski definition) is 1. The predicted molar refractivity (Wildman–Crippen MR) is 65.7 cm³/mol. The molecular weight excluding hydrogens is 252 g/mol. The van der Waals surface area contributed by atoms with Gasteiger partial charge in [-0.25, -0.2) is 0 Å². The Morgan fingerprint density at radius 3 is 2.67 bits per heavy atom. The first-order valence-corrected chi connectivity index (χ1v) is 6.39. The van der Waals surface area contributed by atoms with Gasteiger partial charge in [0.2, 0.25) is 0 Å². The third-order valence-corrected chi connectivity index (χ3v) is 4.40. The number of benzene rings is 1. The third kappa shape index (κ3) is 2.43. The molecule has 0 aliphatic heterocycles. The molecule has 3 atom stereocenters. The molecule has 0 heterocycles. The highest BCUT2D eigenvalue weighted by molar-refractivity contribution is 9.10. The minimum absolute atomic E-state index is 0.0857. The van der Waals surface area contributed by atoms with Crippen molar-refractivity contribution in [3.05, 3.63) is 34.3 Å². The molecule has 1 aliphatic carbocycles. The van der Waals surface area contributed by atoms with E-state index in [1.165, 1.54) is 10.0 Å². The van der Waals surface area contributed by atoms with Gasteiger partial charge in [0.05, 0.1) is 6.10 Å². The summed E-state index contributed by atoms with van der Waals surface area (Å²) in [7, 11) is 0. The number of rotatable bonds is 2. The van der Waals surface area contributed by atoms with Crippen LogP contribution < -0.4 is 0 Å². The average Bonchev–Trinajstić information content (AvgIpc) is 2.53. The van der Waals surface area contributed by atoms with E-state index in [0.29, 0.717) is 11.8 Å². The molecule has 1 nitrogen and oxygen atoms in total. The van der Waals surface area contributed by atoms with E-state index in [1.54, 1.807) is 0 Å². The van der Waals surface area contributed by atoms with Crippen molar-refractivity contribution < 1.29 is 5.11 Å². The molecule has 0 spiro atoms. The van der Waals surface area contributed by atoms with Crippen LogP contribution in [0.2, 0.25) is 0 Å². The molecular formula is C13H17BrO. The molecule has 1 aromatic carbocycles. The lowest BCUT2D eigenvalue weighted by atomic mass is 9.90. The van der Waals surface area contributed by atoms with Crippen molar-refractivity contribution in [2.24, 2.45) is 11.8 Å². The fourth-order valence-corrected chi connectivity index (χ4v) is 2.91. The van der Waals surface area contributed by atoms with E-state index in [-0.39, 0.29) is 6.10 Å². The molecule has 1 fully saturated rings. The zero-order valence-corrected chi connectivity index (χ0v) is 10.6. The van der Waals surface area contributed by atoms with E-state index in [1.807, 2.05) is 6.07 Å². The molecule has 15 heavy (non-hydrogen) atoms. The van der Waals surface area contributed by atoms with Crippen molar-refractivity contribution in [2.75, 3.05) is 0 Å². The van der Waals surface area contributed by atoms with E-state index in [9.17, 15) is 5.11 Å². The Bertz CT molecular complexity index is 337. The topological polar surface area (TPSA) is 20.2 Å². The highest BCUT2D eigenvalue weighted by Gasteiger charge is 2.31. The van der Waals surface area contributed by atoms with Gasteiger partial charge in [-0.15, -0.1) is 0 Å². The highest BCUT2D eigenvalue weighted by atomic mass is 79.9. The van der Waals surface area contributed by atoms with Crippen molar-refractivity contribution in [3.63, 3.8) is 0 Å². The summed E-state index contributed by atoms with van der Waals surface area (Å²) in [6.45, 7) is 2.17. The van der Waals surface area contributed by atoms with Crippen LogP contribution in [0.3, 0.4) is 0 Å². The number of aliphatic hydroxyl groups excluding tert-OH is 1. The zero-order valence-electron chi connectivity index (χ0n) is 8.99. The Balaban J connectivity index is 2.07. The zero-order chi connectivity index (χ0) is 10.8. The summed E-state index contributed by atoms with van der Waals surface area (Å²) in [6, 6.07) is 8.38. The van der Waals surface area contributed by atoms with E-state index in [2.05, 4.69) is 41.1 Å². The number of aliphatic hydroxyl groups is 1. The first kappa shape index (κ1) is 11.2. The largest absolute Gasteiger partial charge is 0.393 e. The van der Waals surface area contributed by atoms with E-state index < -0.39 is 0 Å². The van der Waals surface area contributed by atoms with E-state index in [0.717, 1.165) is 19.3 Å². The Labute approximate surface area is 99.6 Å². The van der Waals surface area contributed by atoms with Gasteiger partial charge in [0, 0.05) is 4.47 Å². The van der Waals surface area contributed by atoms with Gasteiger partial charge in [-0.2, -0.15) is 0 Å². The van der Waals surface area contributed by atoms with Crippen LogP contribution in [0.15, 0.2) is 28.7 Å². The van der Waals surface area contributed by atoms with Gasteiger partial charge in [-0.1, -0.05) is 41.1 Å². The Morgan fingerprint density at radius 1 is 1.33 bits per heavy atom. The quantitative estimate of drug-likeness (QED) is 0.872. The normalized spacial score (nSPS) is 30.7. The minimum Gasteiger partial charge on any atom is -0.393 e. The van der Waals surface area contributed by atoms with Gasteiger partial charge in [0.25, 0.3) is 0 Å². The summed E-state index contributed by atoms with van der Waals surface area (Å²) in [4.78, 5) is 0. The summed E-state index contributed by atoms with van der Waals surface area (Å²) in [5.41, 5.74) is 1.36. The lowest BCUT2D eigenvalue weighted by molar-refractivity contribution is 0.127. The molecule has 2 heteroatoms. The maximum atomic E-state index is 9.70. The fourth-order valence-electron chi connectivity index (χ4n) is 2.46. The summed E-state index contributed by atoms with van der Waals surface area (Å²) in [6.07, 6.45) is 3.12. The second-order valence-electron chi connectivity index (χ2n) is 4.56. The molecule has 1 N–H and O–H groups in total. The molecule has 1 aliphatic rings. The summed E-state index contributed by atoms with van der Waals surface area (Å²) >= 11 is 3.58. The summed E-state index contributed by atoms with van der Waals surface area (Å²) < 4.78 is 1.19. The van der Waals surface area contributed by atoms with Crippen molar-refractivity contribution in [3.8, 4) is 0 Å².